The number of carbonyl (C=O) groups is 1. The molecule has 1 aromatic heterocycles. The molecule has 35 heavy (non-hydrogen) atoms. The molecule has 1 N–H and O–H groups in total. The molecule has 4 rings (SSSR count). The van der Waals surface area contributed by atoms with Crippen LogP contribution in [0, 0.1) is 34.6 Å². The van der Waals surface area contributed by atoms with Crippen LogP contribution < -0.4 is 4.72 Å². The van der Waals surface area contributed by atoms with E-state index in [2.05, 4.69) is 4.72 Å². The highest BCUT2D eigenvalue weighted by Gasteiger charge is 2.26. The topological polar surface area (TPSA) is 77.4 Å². The number of nitrogens with one attached hydrogen (secondary N) is 1. The van der Waals surface area contributed by atoms with E-state index in [1.807, 2.05) is 63.5 Å². The summed E-state index contributed by atoms with van der Waals surface area (Å²) in [6.45, 7) is 11.7. The van der Waals surface area contributed by atoms with Crippen LogP contribution >= 0.6 is 0 Å². The Morgan fingerprint density at radius 3 is 2.03 bits per heavy atom. The van der Waals surface area contributed by atoms with Gasteiger partial charge >= 0.3 is 5.97 Å². The molecule has 3 aromatic carbocycles. The molecule has 4 aromatic rings. The van der Waals surface area contributed by atoms with Gasteiger partial charge in [0, 0.05) is 16.8 Å². The largest absolute Gasteiger partial charge is 0.462 e. The van der Waals surface area contributed by atoms with Crippen molar-refractivity contribution in [2.75, 3.05) is 11.3 Å². The summed E-state index contributed by atoms with van der Waals surface area (Å²) in [5, 5.41) is 0.645. The van der Waals surface area contributed by atoms with Gasteiger partial charge < -0.3 is 9.30 Å². The first-order chi connectivity index (χ1) is 16.5. The average Bonchev–Trinajstić information content (AvgIpc) is 3.10. The lowest BCUT2D eigenvalue weighted by Crippen LogP contribution is -2.14. The second kappa shape index (κ2) is 9.23. The summed E-state index contributed by atoms with van der Waals surface area (Å²) in [5.41, 5.74) is 7.15. The van der Waals surface area contributed by atoms with Gasteiger partial charge in [0.2, 0.25) is 0 Å². The predicted molar refractivity (Wildman–Crippen MR) is 140 cm³/mol. The standard InChI is InChI=1S/C28H30N2O4S/c1-7-34-28(31)26-21(6)30(22-12-8-17(2)9-13-22)27-20(5)19(4)25(16-24(26)27)29-35(32,33)23-14-10-18(3)11-15-23/h8-16,29H,7H2,1-6H3. The van der Waals surface area contributed by atoms with Gasteiger partial charge in [-0.1, -0.05) is 35.4 Å². The Bertz CT molecular complexity index is 1530. The molecule has 0 spiro atoms. The molecule has 1 heterocycles. The molecular formula is C28H30N2O4S. The van der Waals surface area contributed by atoms with Crippen LogP contribution in [0.5, 0.6) is 0 Å². The molecule has 0 saturated carbocycles. The molecule has 0 fully saturated rings. The summed E-state index contributed by atoms with van der Waals surface area (Å²) in [6, 6.07) is 16.5. The van der Waals surface area contributed by atoms with Crippen molar-refractivity contribution in [3.8, 4) is 5.69 Å². The lowest BCUT2D eigenvalue weighted by Gasteiger charge is -2.16. The molecule has 0 aliphatic carbocycles. The molecule has 0 aliphatic rings. The molecule has 0 radical (unpaired) electrons. The van der Waals surface area contributed by atoms with Crippen LogP contribution in [0.3, 0.4) is 0 Å². The van der Waals surface area contributed by atoms with Gasteiger partial charge in [-0.2, -0.15) is 0 Å². The Labute approximate surface area is 206 Å². The van der Waals surface area contributed by atoms with E-state index in [0.717, 1.165) is 39.2 Å². The fourth-order valence-electron chi connectivity index (χ4n) is 4.36. The van der Waals surface area contributed by atoms with Gasteiger partial charge in [-0.25, -0.2) is 13.2 Å². The minimum atomic E-state index is -3.81. The summed E-state index contributed by atoms with van der Waals surface area (Å²) in [6.07, 6.45) is 0. The van der Waals surface area contributed by atoms with Gasteiger partial charge in [0.05, 0.1) is 28.3 Å². The number of ether oxygens (including phenoxy) is 1. The number of carbonyl (C=O) groups excluding carboxylic acids is 1. The fourth-order valence-corrected chi connectivity index (χ4v) is 5.47. The maximum atomic E-state index is 13.2. The number of hydrogen-bond donors (Lipinski definition) is 1. The zero-order chi connectivity index (χ0) is 25.5. The SMILES string of the molecule is CCOC(=O)c1c(C)n(-c2ccc(C)cc2)c2c(C)c(C)c(NS(=O)(=O)c3ccc(C)cc3)cc12. The second-order valence-electron chi connectivity index (χ2n) is 8.84. The van der Waals surface area contributed by atoms with Crippen LogP contribution in [0.1, 0.15) is 45.2 Å². The maximum absolute atomic E-state index is 13.2. The molecular weight excluding hydrogens is 460 g/mol. The van der Waals surface area contributed by atoms with E-state index in [1.165, 1.54) is 0 Å². The first kappa shape index (κ1) is 24.5. The molecule has 0 saturated heterocycles. The van der Waals surface area contributed by atoms with Crippen molar-refractivity contribution in [1.82, 2.24) is 4.57 Å². The molecule has 0 amide bonds. The number of fused-ring (bicyclic) bond motifs is 1. The third kappa shape index (κ3) is 4.44. The molecule has 0 unspecified atom stereocenters. The highest BCUT2D eigenvalue weighted by molar-refractivity contribution is 7.92. The monoisotopic (exact) mass is 490 g/mol. The Balaban J connectivity index is 1.97. The summed E-state index contributed by atoms with van der Waals surface area (Å²) < 4.78 is 36.5. The Morgan fingerprint density at radius 2 is 1.46 bits per heavy atom. The van der Waals surface area contributed by atoms with E-state index >= 15 is 0 Å². The smallest absolute Gasteiger partial charge is 0.340 e. The van der Waals surface area contributed by atoms with Crippen LogP contribution in [0.15, 0.2) is 59.5 Å². The third-order valence-electron chi connectivity index (χ3n) is 6.40. The van der Waals surface area contributed by atoms with Crippen molar-refractivity contribution in [2.45, 2.75) is 46.4 Å². The normalized spacial score (nSPS) is 11.6. The van der Waals surface area contributed by atoms with Crippen molar-refractivity contribution >= 4 is 32.6 Å². The molecule has 6 nitrogen and oxygen atoms in total. The van der Waals surface area contributed by atoms with E-state index in [1.54, 1.807) is 37.3 Å². The number of sulfonamides is 1. The molecule has 7 heteroatoms. The quantitative estimate of drug-likeness (QED) is 0.329. The van der Waals surface area contributed by atoms with Gasteiger partial charge in [-0.3, -0.25) is 4.72 Å². The van der Waals surface area contributed by atoms with Crippen LogP contribution in [0.25, 0.3) is 16.6 Å². The number of rotatable bonds is 6. The summed E-state index contributed by atoms with van der Waals surface area (Å²) in [4.78, 5) is 13.2. The van der Waals surface area contributed by atoms with Crippen LogP contribution in [0.2, 0.25) is 0 Å². The maximum Gasteiger partial charge on any atom is 0.340 e. The van der Waals surface area contributed by atoms with Gasteiger partial charge in [-0.15, -0.1) is 0 Å². The highest BCUT2D eigenvalue weighted by Crippen LogP contribution is 2.37. The van der Waals surface area contributed by atoms with Crippen LogP contribution in [-0.4, -0.2) is 25.6 Å². The van der Waals surface area contributed by atoms with E-state index in [9.17, 15) is 13.2 Å². The van der Waals surface area contributed by atoms with E-state index in [-0.39, 0.29) is 11.5 Å². The number of esters is 1. The van der Waals surface area contributed by atoms with E-state index < -0.39 is 16.0 Å². The van der Waals surface area contributed by atoms with Gasteiger partial charge in [0.1, 0.15) is 0 Å². The second-order valence-corrected chi connectivity index (χ2v) is 10.5. The number of hydrogen-bond acceptors (Lipinski definition) is 4. The molecule has 0 atom stereocenters. The fraction of sp³-hybridized carbons (Fsp3) is 0.250. The number of aryl methyl sites for hydroxylation is 3. The summed E-state index contributed by atoms with van der Waals surface area (Å²) in [7, 11) is -3.81. The number of nitrogens with zero attached hydrogens (tertiary/aromatic N) is 1. The summed E-state index contributed by atoms with van der Waals surface area (Å²) in [5.74, 6) is -0.434. The lowest BCUT2D eigenvalue weighted by atomic mass is 10.0. The van der Waals surface area contributed by atoms with Gasteiger partial charge in [0.15, 0.2) is 0 Å². The highest BCUT2D eigenvalue weighted by atomic mass is 32.2. The van der Waals surface area contributed by atoms with Gasteiger partial charge in [0.25, 0.3) is 10.0 Å². The van der Waals surface area contributed by atoms with Crippen molar-refractivity contribution in [1.29, 1.82) is 0 Å². The predicted octanol–water partition coefficient (Wildman–Crippen LogP) is 6.15. The van der Waals surface area contributed by atoms with E-state index in [0.29, 0.717) is 16.6 Å². The van der Waals surface area contributed by atoms with Crippen molar-refractivity contribution in [3.05, 3.63) is 88.1 Å². The first-order valence-corrected chi connectivity index (χ1v) is 13.0. The zero-order valence-corrected chi connectivity index (χ0v) is 21.7. The molecule has 182 valence electrons. The zero-order valence-electron chi connectivity index (χ0n) is 20.9. The average molecular weight is 491 g/mol. The van der Waals surface area contributed by atoms with Crippen molar-refractivity contribution in [3.63, 3.8) is 0 Å². The van der Waals surface area contributed by atoms with E-state index in [4.69, 9.17) is 4.74 Å². The minimum Gasteiger partial charge on any atom is -0.462 e. The lowest BCUT2D eigenvalue weighted by molar-refractivity contribution is 0.0527. The molecule has 0 bridgehead atoms. The van der Waals surface area contributed by atoms with Crippen molar-refractivity contribution < 1.29 is 17.9 Å². The number of anilines is 1. The van der Waals surface area contributed by atoms with Crippen molar-refractivity contribution in [2.24, 2.45) is 0 Å². The first-order valence-electron chi connectivity index (χ1n) is 11.5. The van der Waals surface area contributed by atoms with Gasteiger partial charge in [-0.05, 0) is 83.0 Å². The Morgan fingerprint density at radius 1 is 0.886 bits per heavy atom. The van der Waals surface area contributed by atoms with Crippen LogP contribution in [0.4, 0.5) is 5.69 Å². The third-order valence-corrected chi connectivity index (χ3v) is 7.78. The number of aromatic nitrogens is 1. The molecule has 0 aliphatic heterocycles. The minimum absolute atomic E-state index is 0.180. The van der Waals surface area contributed by atoms with Crippen LogP contribution in [-0.2, 0) is 14.8 Å². The number of benzene rings is 3. The Kier molecular flexibility index (Phi) is 6.47. The Hall–Kier alpha value is -3.58. The summed E-state index contributed by atoms with van der Waals surface area (Å²) >= 11 is 0.